The van der Waals surface area contributed by atoms with E-state index >= 15 is 0 Å². The van der Waals surface area contributed by atoms with E-state index in [1.165, 1.54) is 49.4 Å². The molecule has 0 unspecified atom stereocenters. The van der Waals surface area contributed by atoms with Crippen molar-refractivity contribution in [3.63, 3.8) is 0 Å². The molecule has 2 rings (SSSR count). The lowest BCUT2D eigenvalue weighted by Crippen LogP contribution is -2.28. The summed E-state index contributed by atoms with van der Waals surface area (Å²) in [5.74, 6) is -0.951. The number of amides is 1. The van der Waals surface area contributed by atoms with E-state index in [4.69, 9.17) is 0 Å². The van der Waals surface area contributed by atoms with Crippen LogP contribution in [0.15, 0.2) is 47.4 Å². The van der Waals surface area contributed by atoms with Crippen LogP contribution < -0.4 is 10.0 Å². The average Bonchev–Trinajstić information content (AvgIpc) is 2.57. The van der Waals surface area contributed by atoms with Crippen molar-refractivity contribution in [3.05, 3.63) is 59.4 Å². The van der Waals surface area contributed by atoms with Gasteiger partial charge in [-0.1, -0.05) is 12.1 Å². The number of anilines is 1. The van der Waals surface area contributed by atoms with Crippen LogP contribution in [0.25, 0.3) is 0 Å². The molecule has 2 aromatic carbocycles. The van der Waals surface area contributed by atoms with Crippen molar-refractivity contribution in [2.75, 3.05) is 11.9 Å². The summed E-state index contributed by atoms with van der Waals surface area (Å²) in [6, 6.07) is 9.51. The SMILES string of the molecule is CC(=O)c1ccc(S(=O)(=O)NCCC(=O)Nc2ccc(F)cc2C)cc1. The highest BCUT2D eigenvalue weighted by Gasteiger charge is 2.15. The molecule has 8 heteroatoms. The van der Waals surface area contributed by atoms with Crippen molar-refractivity contribution in [1.82, 2.24) is 4.72 Å². The van der Waals surface area contributed by atoms with E-state index in [0.717, 1.165) is 0 Å². The minimum absolute atomic E-state index is 0.0114. The lowest BCUT2D eigenvalue weighted by atomic mass is 10.2. The van der Waals surface area contributed by atoms with Gasteiger partial charge < -0.3 is 5.32 Å². The molecule has 0 radical (unpaired) electrons. The number of aryl methyl sites for hydroxylation is 1. The van der Waals surface area contributed by atoms with E-state index in [1.807, 2.05) is 0 Å². The topological polar surface area (TPSA) is 92.3 Å². The lowest BCUT2D eigenvalue weighted by Gasteiger charge is -2.10. The van der Waals surface area contributed by atoms with Crippen molar-refractivity contribution < 1.29 is 22.4 Å². The molecule has 0 aliphatic carbocycles. The Kier molecular flexibility index (Phi) is 6.23. The van der Waals surface area contributed by atoms with E-state index in [2.05, 4.69) is 10.0 Å². The van der Waals surface area contributed by atoms with Crippen molar-refractivity contribution in [3.8, 4) is 0 Å². The summed E-state index contributed by atoms with van der Waals surface area (Å²) in [6.07, 6.45) is -0.0818. The highest BCUT2D eigenvalue weighted by molar-refractivity contribution is 7.89. The summed E-state index contributed by atoms with van der Waals surface area (Å²) in [5.41, 5.74) is 1.46. The molecule has 0 aromatic heterocycles. The van der Waals surface area contributed by atoms with Gasteiger partial charge in [-0.15, -0.1) is 0 Å². The van der Waals surface area contributed by atoms with Crippen LogP contribution in [-0.2, 0) is 14.8 Å². The predicted molar refractivity (Wildman–Crippen MR) is 96.0 cm³/mol. The van der Waals surface area contributed by atoms with Gasteiger partial charge in [0, 0.05) is 24.2 Å². The zero-order valence-corrected chi connectivity index (χ0v) is 15.2. The number of Topliss-reactive ketones (excluding diaryl/α,β-unsaturated/α-hetero) is 1. The molecule has 26 heavy (non-hydrogen) atoms. The number of sulfonamides is 1. The first-order chi connectivity index (χ1) is 12.2. The third-order valence-corrected chi connectivity index (χ3v) is 5.15. The van der Waals surface area contributed by atoms with Gasteiger partial charge in [0.05, 0.1) is 4.90 Å². The van der Waals surface area contributed by atoms with E-state index in [9.17, 15) is 22.4 Å². The number of carbonyl (C=O) groups excluding carboxylic acids is 2. The van der Waals surface area contributed by atoms with Gasteiger partial charge >= 0.3 is 0 Å². The van der Waals surface area contributed by atoms with Gasteiger partial charge in [-0.2, -0.15) is 0 Å². The van der Waals surface area contributed by atoms with E-state index in [0.29, 0.717) is 16.8 Å². The fraction of sp³-hybridized carbons (Fsp3) is 0.222. The zero-order chi connectivity index (χ0) is 19.3. The molecule has 0 spiro atoms. The summed E-state index contributed by atoms with van der Waals surface area (Å²) in [4.78, 5) is 23.1. The molecule has 6 nitrogen and oxygen atoms in total. The molecule has 0 fully saturated rings. The second-order valence-corrected chi connectivity index (χ2v) is 7.50. The van der Waals surface area contributed by atoms with Crippen LogP contribution in [-0.4, -0.2) is 26.7 Å². The highest BCUT2D eigenvalue weighted by atomic mass is 32.2. The number of nitrogens with one attached hydrogen (secondary N) is 2. The second-order valence-electron chi connectivity index (χ2n) is 5.74. The molecular formula is C18H19FN2O4S. The lowest BCUT2D eigenvalue weighted by molar-refractivity contribution is -0.116. The van der Waals surface area contributed by atoms with Crippen molar-refractivity contribution in [2.24, 2.45) is 0 Å². The maximum absolute atomic E-state index is 13.0. The number of rotatable bonds is 7. The Labute approximate surface area is 151 Å². The van der Waals surface area contributed by atoms with E-state index in [-0.39, 0.29) is 23.6 Å². The first kappa shape index (κ1) is 19.7. The third-order valence-electron chi connectivity index (χ3n) is 3.68. The number of halogens is 1. The Balaban J connectivity index is 1.91. The van der Waals surface area contributed by atoms with Crippen LogP contribution in [0, 0.1) is 12.7 Å². The molecule has 0 saturated heterocycles. The molecule has 0 saturated carbocycles. The predicted octanol–water partition coefficient (Wildman–Crippen LogP) is 2.64. The first-order valence-electron chi connectivity index (χ1n) is 7.86. The third kappa shape index (κ3) is 5.21. The van der Waals surface area contributed by atoms with Gasteiger partial charge in [0.15, 0.2) is 5.78 Å². The van der Waals surface area contributed by atoms with Gasteiger partial charge in [0.25, 0.3) is 0 Å². The van der Waals surface area contributed by atoms with E-state index in [1.54, 1.807) is 6.92 Å². The van der Waals surface area contributed by atoms with Crippen LogP contribution in [0.5, 0.6) is 0 Å². The molecular weight excluding hydrogens is 359 g/mol. The molecule has 138 valence electrons. The average molecular weight is 378 g/mol. The van der Waals surface area contributed by atoms with Crippen LogP contribution in [0.4, 0.5) is 10.1 Å². The molecule has 0 heterocycles. The molecule has 2 aromatic rings. The molecule has 0 atom stereocenters. The summed E-state index contributed by atoms with van der Waals surface area (Å²) in [6.45, 7) is 2.96. The van der Waals surface area contributed by atoms with Gasteiger partial charge in [-0.25, -0.2) is 17.5 Å². The molecule has 2 N–H and O–H groups in total. The van der Waals surface area contributed by atoms with E-state index < -0.39 is 21.7 Å². The number of benzene rings is 2. The number of hydrogen-bond acceptors (Lipinski definition) is 4. The molecule has 0 aliphatic rings. The maximum Gasteiger partial charge on any atom is 0.240 e. The highest BCUT2D eigenvalue weighted by Crippen LogP contribution is 2.16. The van der Waals surface area contributed by atoms with Crippen LogP contribution in [0.3, 0.4) is 0 Å². The summed E-state index contributed by atoms with van der Waals surface area (Å²) >= 11 is 0. The van der Waals surface area contributed by atoms with Gasteiger partial charge in [-0.05, 0) is 49.7 Å². The Morgan fingerprint density at radius 3 is 2.31 bits per heavy atom. The van der Waals surface area contributed by atoms with Gasteiger partial charge in [0.2, 0.25) is 15.9 Å². The van der Waals surface area contributed by atoms with Crippen molar-refractivity contribution in [1.29, 1.82) is 0 Å². The van der Waals surface area contributed by atoms with Crippen molar-refractivity contribution in [2.45, 2.75) is 25.2 Å². The first-order valence-corrected chi connectivity index (χ1v) is 9.34. The normalized spacial score (nSPS) is 11.2. The standard InChI is InChI=1S/C18H19FN2O4S/c1-12-11-15(19)5-8-17(12)21-18(23)9-10-20-26(24,25)16-6-3-14(4-7-16)13(2)22/h3-8,11,20H,9-10H2,1-2H3,(H,21,23). The second kappa shape index (κ2) is 8.20. The Morgan fingerprint density at radius 2 is 1.73 bits per heavy atom. The Bertz CT molecular complexity index is 925. The maximum atomic E-state index is 13.0. The van der Waals surface area contributed by atoms with Crippen LogP contribution in [0.1, 0.15) is 29.3 Å². The number of hydrogen-bond donors (Lipinski definition) is 2. The van der Waals surface area contributed by atoms with Gasteiger partial charge in [-0.3, -0.25) is 9.59 Å². The van der Waals surface area contributed by atoms with Crippen LogP contribution in [0.2, 0.25) is 0 Å². The Hall–Kier alpha value is -2.58. The fourth-order valence-electron chi connectivity index (χ4n) is 2.23. The van der Waals surface area contributed by atoms with Crippen molar-refractivity contribution >= 4 is 27.4 Å². The summed E-state index contributed by atoms with van der Waals surface area (Å²) in [5, 5.41) is 2.61. The smallest absolute Gasteiger partial charge is 0.240 e. The largest absolute Gasteiger partial charge is 0.326 e. The van der Waals surface area contributed by atoms with Crippen LogP contribution >= 0.6 is 0 Å². The minimum Gasteiger partial charge on any atom is -0.326 e. The zero-order valence-electron chi connectivity index (χ0n) is 14.4. The monoisotopic (exact) mass is 378 g/mol. The van der Waals surface area contributed by atoms with Gasteiger partial charge in [0.1, 0.15) is 5.82 Å². The molecule has 0 bridgehead atoms. The number of ketones is 1. The number of carbonyl (C=O) groups is 2. The summed E-state index contributed by atoms with van der Waals surface area (Å²) in [7, 11) is -3.78. The fourth-order valence-corrected chi connectivity index (χ4v) is 3.26. The molecule has 1 amide bonds. The summed E-state index contributed by atoms with van der Waals surface area (Å²) < 4.78 is 39.7. The Morgan fingerprint density at radius 1 is 1.08 bits per heavy atom. The quantitative estimate of drug-likeness (QED) is 0.725. The molecule has 0 aliphatic heterocycles. The minimum atomic E-state index is -3.78.